The highest BCUT2D eigenvalue weighted by atomic mass is 16.6. The molecule has 1 aliphatic heterocycles. The van der Waals surface area contributed by atoms with Crippen LogP contribution in [-0.4, -0.2) is 50.1 Å². The van der Waals surface area contributed by atoms with E-state index in [4.69, 9.17) is 9.57 Å². The van der Waals surface area contributed by atoms with Gasteiger partial charge in [-0.15, -0.1) is 0 Å². The Morgan fingerprint density at radius 3 is 2.85 bits per heavy atom. The fourth-order valence-corrected chi connectivity index (χ4v) is 1.35. The van der Waals surface area contributed by atoms with Gasteiger partial charge in [0.1, 0.15) is 6.10 Å². The standard InChI is InChI=1S/C9H18N2O2/c1-3-10-13-9(2)8-11-4-6-12-7-5-11/h3,9H,4-8H2,1-2H3/b10-3+. The second-order valence-electron chi connectivity index (χ2n) is 3.19. The maximum absolute atomic E-state index is 5.25. The molecule has 0 saturated carbocycles. The van der Waals surface area contributed by atoms with E-state index in [0.29, 0.717) is 0 Å². The number of hydrogen-bond acceptors (Lipinski definition) is 4. The number of nitrogens with zero attached hydrogens (tertiary/aromatic N) is 2. The molecule has 1 atom stereocenters. The zero-order chi connectivity index (χ0) is 9.52. The van der Waals surface area contributed by atoms with Crippen molar-refractivity contribution in [2.24, 2.45) is 5.16 Å². The number of rotatable bonds is 4. The lowest BCUT2D eigenvalue weighted by atomic mass is 10.3. The summed E-state index contributed by atoms with van der Waals surface area (Å²) in [6.45, 7) is 8.49. The van der Waals surface area contributed by atoms with Crippen molar-refractivity contribution in [2.45, 2.75) is 20.0 Å². The van der Waals surface area contributed by atoms with E-state index in [2.05, 4.69) is 10.1 Å². The van der Waals surface area contributed by atoms with Gasteiger partial charge in [0.2, 0.25) is 0 Å². The first-order chi connectivity index (χ1) is 6.33. The molecule has 1 unspecified atom stereocenters. The molecule has 0 N–H and O–H groups in total. The lowest BCUT2D eigenvalue weighted by Gasteiger charge is -2.28. The molecule has 1 heterocycles. The van der Waals surface area contributed by atoms with Gasteiger partial charge in [-0.1, -0.05) is 5.16 Å². The van der Waals surface area contributed by atoms with E-state index in [1.807, 2.05) is 13.8 Å². The summed E-state index contributed by atoms with van der Waals surface area (Å²) in [5.74, 6) is 0. The van der Waals surface area contributed by atoms with Crippen molar-refractivity contribution >= 4 is 6.21 Å². The highest BCUT2D eigenvalue weighted by molar-refractivity contribution is 5.52. The van der Waals surface area contributed by atoms with Crippen molar-refractivity contribution in [3.63, 3.8) is 0 Å². The lowest BCUT2D eigenvalue weighted by Crippen LogP contribution is -2.40. The molecule has 0 amide bonds. The van der Waals surface area contributed by atoms with E-state index in [9.17, 15) is 0 Å². The van der Waals surface area contributed by atoms with E-state index in [0.717, 1.165) is 32.8 Å². The molecule has 76 valence electrons. The molecule has 0 aromatic carbocycles. The average molecular weight is 186 g/mol. The van der Waals surface area contributed by atoms with E-state index < -0.39 is 0 Å². The SMILES string of the molecule is C/C=N/OC(C)CN1CCOCC1. The van der Waals surface area contributed by atoms with Crippen molar-refractivity contribution in [1.29, 1.82) is 0 Å². The minimum atomic E-state index is 0.161. The van der Waals surface area contributed by atoms with E-state index >= 15 is 0 Å². The van der Waals surface area contributed by atoms with Crippen LogP contribution in [0.2, 0.25) is 0 Å². The van der Waals surface area contributed by atoms with Gasteiger partial charge in [0.25, 0.3) is 0 Å². The Labute approximate surface area is 79.5 Å². The van der Waals surface area contributed by atoms with E-state index in [1.165, 1.54) is 0 Å². The third-order valence-corrected chi connectivity index (χ3v) is 1.97. The summed E-state index contributed by atoms with van der Waals surface area (Å²) in [7, 11) is 0. The molecule has 1 saturated heterocycles. The Bertz CT molecular complexity index is 156. The molecule has 4 heteroatoms. The Balaban J connectivity index is 2.14. The van der Waals surface area contributed by atoms with Crippen molar-refractivity contribution in [2.75, 3.05) is 32.8 Å². The summed E-state index contributed by atoms with van der Waals surface area (Å²) in [6.07, 6.45) is 1.82. The zero-order valence-electron chi connectivity index (χ0n) is 8.40. The first kappa shape index (κ1) is 10.5. The van der Waals surface area contributed by atoms with Gasteiger partial charge in [0.15, 0.2) is 0 Å². The Morgan fingerprint density at radius 1 is 1.54 bits per heavy atom. The summed E-state index contributed by atoms with van der Waals surface area (Å²) >= 11 is 0. The molecule has 0 aromatic rings. The summed E-state index contributed by atoms with van der Waals surface area (Å²) in [5.41, 5.74) is 0. The summed E-state index contributed by atoms with van der Waals surface area (Å²) < 4.78 is 5.25. The quantitative estimate of drug-likeness (QED) is 0.479. The molecule has 1 fully saturated rings. The van der Waals surface area contributed by atoms with Gasteiger partial charge in [0, 0.05) is 25.8 Å². The molecule has 0 spiro atoms. The highest BCUT2D eigenvalue weighted by Crippen LogP contribution is 2.00. The average Bonchev–Trinajstić information content (AvgIpc) is 2.16. The van der Waals surface area contributed by atoms with Crippen LogP contribution in [0.5, 0.6) is 0 Å². The van der Waals surface area contributed by atoms with Gasteiger partial charge in [-0.2, -0.15) is 0 Å². The minimum absolute atomic E-state index is 0.161. The van der Waals surface area contributed by atoms with Gasteiger partial charge in [-0.3, -0.25) is 4.90 Å². The second-order valence-corrected chi connectivity index (χ2v) is 3.19. The molecule has 0 bridgehead atoms. The summed E-state index contributed by atoms with van der Waals surface area (Å²) in [4.78, 5) is 7.51. The molecule has 13 heavy (non-hydrogen) atoms. The Hall–Kier alpha value is -0.610. The molecule has 0 aromatic heterocycles. The first-order valence-electron chi connectivity index (χ1n) is 4.77. The Kier molecular flexibility index (Phi) is 4.78. The van der Waals surface area contributed by atoms with Crippen LogP contribution in [0, 0.1) is 0 Å². The normalized spacial score (nSPS) is 22.0. The van der Waals surface area contributed by atoms with E-state index in [-0.39, 0.29) is 6.10 Å². The monoisotopic (exact) mass is 186 g/mol. The molecular weight excluding hydrogens is 168 g/mol. The predicted molar refractivity (Wildman–Crippen MR) is 52.0 cm³/mol. The number of ether oxygens (including phenoxy) is 1. The third-order valence-electron chi connectivity index (χ3n) is 1.97. The lowest BCUT2D eigenvalue weighted by molar-refractivity contribution is -0.00381. The fourth-order valence-electron chi connectivity index (χ4n) is 1.35. The highest BCUT2D eigenvalue weighted by Gasteiger charge is 2.13. The van der Waals surface area contributed by atoms with Crippen LogP contribution in [0.4, 0.5) is 0 Å². The Morgan fingerprint density at radius 2 is 2.23 bits per heavy atom. The zero-order valence-corrected chi connectivity index (χ0v) is 8.40. The topological polar surface area (TPSA) is 34.1 Å². The van der Waals surface area contributed by atoms with Gasteiger partial charge >= 0.3 is 0 Å². The van der Waals surface area contributed by atoms with Crippen molar-refractivity contribution in [3.8, 4) is 0 Å². The smallest absolute Gasteiger partial charge is 0.137 e. The molecule has 4 nitrogen and oxygen atoms in total. The van der Waals surface area contributed by atoms with Crippen molar-refractivity contribution in [1.82, 2.24) is 4.90 Å². The van der Waals surface area contributed by atoms with Gasteiger partial charge < -0.3 is 9.57 Å². The van der Waals surface area contributed by atoms with Gasteiger partial charge in [0.05, 0.1) is 13.2 Å². The van der Waals surface area contributed by atoms with E-state index in [1.54, 1.807) is 6.21 Å². The first-order valence-corrected chi connectivity index (χ1v) is 4.77. The predicted octanol–water partition coefficient (Wildman–Crippen LogP) is 0.729. The molecule has 1 aliphatic rings. The van der Waals surface area contributed by atoms with Crippen LogP contribution in [-0.2, 0) is 9.57 Å². The van der Waals surface area contributed by atoms with Crippen LogP contribution < -0.4 is 0 Å². The van der Waals surface area contributed by atoms with Crippen LogP contribution in [0.25, 0.3) is 0 Å². The molecular formula is C9H18N2O2. The third kappa shape index (κ3) is 4.24. The van der Waals surface area contributed by atoms with Crippen LogP contribution in [0.3, 0.4) is 0 Å². The summed E-state index contributed by atoms with van der Waals surface area (Å²) in [5, 5.41) is 3.75. The minimum Gasteiger partial charge on any atom is -0.392 e. The number of morpholine rings is 1. The van der Waals surface area contributed by atoms with Crippen LogP contribution >= 0.6 is 0 Å². The van der Waals surface area contributed by atoms with Crippen LogP contribution in [0.1, 0.15) is 13.8 Å². The van der Waals surface area contributed by atoms with Crippen molar-refractivity contribution < 1.29 is 9.57 Å². The summed E-state index contributed by atoms with van der Waals surface area (Å²) in [6, 6.07) is 0. The molecule has 1 rings (SSSR count). The number of hydrogen-bond donors (Lipinski definition) is 0. The van der Waals surface area contributed by atoms with Crippen LogP contribution in [0.15, 0.2) is 5.16 Å². The fraction of sp³-hybridized carbons (Fsp3) is 0.889. The number of oxime groups is 1. The maximum Gasteiger partial charge on any atom is 0.137 e. The van der Waals surface area contributed by atoms with Crippen molar-refractivity contribution in [3.05, 3.63) is 0 Å². The molecule has 0 aliphatic carbocycles. The largest absolute Gasteiger partial charge is 0.392 e. The second kappa shape index (κ2) is 5.94. The maximum atomic E-state index is 5.25. The molecule has 0 radical (unpaired) electrons. The van der Waals surface area contributed by atoms with Gasteiger partial charge in [-0.25, -0.2) is 0 Å². The van der Waals surface area contributed by atoms with Gasteiger partial charge in [-0.05, 0) is 13.8 Å².